The number of rotatable bonds is 4. The predicted octanol–water partition coefficient (Wildman–Crippen LogP) is 16.7. The van der Waals surface area contributed by atoms with Crippen LogP contribution >= 0.6 is 7.53 Å². The molecule has 1 atom stereocenters. The minimum Gasteiger partial charge on any atom is -0.0772 e. The smallest absolute Gasteiger partial charge is 0.0158 e. The van der Waals surface area contributed by atoms with Gasteiger partial charge in [0, 0.05) is 15.7 Å². The van der Waals surface area contributed by atoms with E-state index in [9.17, 15) is 0 Å². The van der Waals surface area contributed by atoms with E-state index in [2.05, 4.69) is 214 Å². The summed E-state index contributed by atoms with van der Waals surface area (Å²) in [6.07, 6.45) is 0. The van der Waals surface area contributed by atoms with Gasteiger partial charge in [-0.05, 0) is 134 Å². The summed E-state index contributed by atoms with van der Waals surface area (Å²) in [6.45, 7) is 4.73. The first kappa shape index (κ1) is 33.4. The van der Waals surface area contributed by atoms with E-state index in [0.29, 0.717) is 0 Å². The minimum absolute atomic E-state index is 0.0469. The van der Waals surface area contributed by atoms with E-state index in [0.717, 1.165) is 0 Å². The number of fused-ring (bicyclic) bond motifs is 9. The second kappa shape index (κ2) is 12.6. The molecule has 0 saturated carbocycles. The van der Waals surface area contributed by atoms with Crippen LogP contribution in [0.3, 0.4) is 0 Å². The first-order valence-corrected chi connectivity index (χ1v) is 21.7. The lowest BCUT2D eigenvalue weighted by Crippen LogP contribution is -2.14. The highest BCUT2D eigenvalue weighted by atomic mass is 31.1. The summed E-state index contributed by atoms with van der Waals surface area (Å²) < 4.78 is 0. The van der Waals surface area contributed by atoms with E-state index >= 15 is 0 Å². The molecule has 0 amide bonds. The molecule has 0 radical (unpaired) electrons. The van der Waals surface area contributed by atoms with Crippen LogP contribution in [0.2, 0.25) is 0 Å². The van der Waals surface area contributed by atoms with E-state index in [-0.39, 0.29) is 5.41 Å². The lowest BCUT2D eigenvalue weighted by Gasteiger charge is -2.22. The average molecular weight is 755 g/mol. The van der Waals surface area contributed by atoms with Crippen LogP contribution in [-0.2, 0) is 5.41 Å². The molecule has 1 heteroatoms. The highest BCUT2D eigenvalue weighted by Crippen LogP contribution is 2.56. The maximum Gasteiger partial charge on any atom is 0.0158 e. The minimum atomic E-state index is -0.629. The van der Waals surface area contributed by atoms with Crippen molar-refractivity contribution in [3.8, 4) is 49.8 Å². The van der Waals surface area contributed by atoms with Gasteiger partial charge in [-0.2, -0.15) is 0 Å². The van der Waals surface area contributed by atoms with Gasteiger partial charge >= 0.3 is 0 Å². The molecular weight excluding hydrogens is 716 g/mol. The van der Waals surface area contributed by atoms with E-state index < -0.39 is 7.53 Å². The summed E-state index contributed by atoms with van der Waals surface area (Å²) in [4.78, 5) is 0. The maximum atomic E-state index is 2.49. The second-order valence-corrected chi connectivity index (χ2v) is 18.6. The molecule has 12 rings (SSSR count). The predicted molar refractivity (Wildman–Crippen MR) is 252 cm³/mol. The molecule has 1 aliphatic carbocycles. The van der Waals surface area contributed by atoms with Crippen molar-refractivity contribution in [3.05, 3.63) is 211 Å². The molecule has 0 aliphatic heterocycles. The van der Waals surface area contributed by atoms with Crippen molar-refractivity contribution in [2.45, 2.75) is 19.3 Å². The molecule has 58 heavy (non-hydrogen) atoms. The second-order valence-electron chi connectivity index (χ2n) is 16.5. The third-order valence-corrected chi connectivity index (χ3v) is 15.5. The van der Waals surface area contributed by atoms with Crippen molar-refractivity contribution >= 4 is 60.9 Å². The van der Waals surface area contributed by atoms with Gasteiger partial charge < -0.3 is 0 Å². The fourth-order valence-corrected chi connectivity index (χ4v) is 12.8. The largest absolute Gasteiger partial charge is 0.0772 e. The Morgan fingerprint density at radius 1 is 0.328 bits per heavy atom. The van der Waals surface area contributed by atoms with Gasteiger partial charge in [-0.25, -0.2) is 0 Å². The molecule has 272 valence electrons. The number of hydrogen-bond donors (Lipinski definition) is 0. The average Bonchev–Trinajstić information content (AvgIpc) is 3.73. The van der Waals surface area contributed by atoms with Gasteiger partial charge in [-0.1, -0.05) is 191 Å². The Balaban J connectivity index is 1.16. The summed E-state index contributed by atoms with van der Waals surface area (Å²) in [5.41, 5.74) is 13.0. The standard InChI is InChI=1S/C57H39P/c1-57(2)51-22-12-10-18-43(51)48-34-40(27-30-52(48)57)56-46-21-9-8-20-45(46)55(47-29-26-39(33-50(47)56)38-25-24-36-14-6-7-15-37(36)32-38)41-28-31-54-49(35-41)44-19-11-13-23-53(44)58(54)42-16-4-3-5-17-42/h3-35H,1-2H3. The van der Waals surface area contributed by atoms with Gasteiger partial charge in [-0.3, -0.25) is 0 Å². The molecule has 1 heterocycles. The molecular formula is C57H39P. The molecule has 0 nitrogen and oxygen atoms in total. The summed E-state index contributed by atoms with van der Waals surface area (Å²) in [7, 11) is -0.629. The van der Waals surface area contributed by atoms with Gasteiger partial charge in [0.05, 0.1) is 0 Å². The summed E-state index contributed by atoms with van der Waals surface area (Å²) in [5.74, 6) is 0. The van der Waals surface area contributed by atoms with Gasteiger partial charge in [0.1, 0.15) is 0 Å². The van der Waals surface area contributed by atoms with E-state index in [4.69, 9.17) is 0 Å². The Labute approximate surface area is 339 Å². The van der Waals surface area contributed by atoms with Crippen LogP contribution in [0.5, 0.6) is 0 Å². The van der Waals surface area contributed by atoms with Gasteiger partial charge in [0.2, 0.25) is 0 Å². The van der Waals surface area contributed by atoms with Crippen LogP contribution in [0, 0.1) is 0 Å². The van der Waals surface area contributed by atoms with Gasteiger partial charge in [-0.15, -0.1) is 0 Å². The van der Waals surface area contributed by atoms with Crippen molar-refractivity contribution in [3.63, 3.8) is 0 Å². The topological polar surface area (TPSA) is 0 Å². The molecule has 0 saturated heterocycles. The van der Waals surface area contributed by atoms with Crippen LogP contribution in [0.25, 0.3) is 103 Å². The summed E-state index contributed by atoms with van der Waals surface area (Å²) in [5, 5.41) is 14.6. The Morgan fingerprint density at radius 3 is 1.72 bits per heavy atom. The molecule has 1 aromatic heterocycles. The number of hydrogen-bond acceptors (Lipinski definition) is 0. The van der Waals surface area contributed by atoms with Crippen LogP contribution < -0.4 is 0 Å². The normalized spacial score (nSPS) is 13.4. The van der Waals surface area contributed by atoms with Crippen molar-refractivity contribution < 1.29 is 0 Å². The highest BCUT2D eigenvalue weighted by Gasteiger charge is 2.35. The van der Waals surface area contributed by atoms with Crippen molar-refractivity contribution in [2.75, 3.05) is 0 Å². The molecule has 0 fully saturated rings. The van der Waals surface area contributed by atoms with Crippen molar-refractivity contribution in [1.29, 1.82) is 0 Å². The molecule has 11 aromatic rings. The van der Waals surface area contributed by atoms with Gasteiger partial charge in [0.15, 0.2) is 0 Å². The van der Waals surface area contributed by atoms with E-state index in [1.54, 1.807) is 0 Å². The summed E-state index contributed by atoms with van der Waals surface area (Å²) in [6, 6.07) is 75.6. The highest BCUT2D eigenvalue weighted by molar-refractivity contribution is 7.67. The van der Waals surface area contributed by atoms with Gasteiger partial charge in [0.25, 0.3) is 0 Å². The molecule has 1 unspecified atom stereocenters. The Kier molecular flexibility index (Phi) is 7.28. The quantitative estimate of drug-likeness (QED) is 0.157. The first-order chi connectivity index (χ1) is 28.5. The van der Waals surface area contributed by atoms with Crippen molar-refractivity contribution in [2.24, 2.45) is 0 Å². The Morgan fingerprint density at radius 2 is 0.879 bits per heavy atom. The molecule has 1 aliphatic rings. The molecule has 0 bridgehead atoms. The zero-order chi connectivity index (χ0) is 38.5. The Bertz CT molecular complexity index is 3470. The lowest BCUT2D eigenvalue weighted by atomic mass is 9.81. The van der Waals surface area contributed by atoms with Crippen LogP contribution in [-0.4, -0.2) is 0 Å². The monoisotopic (exact) mass is 754 g/mol. The molecule has 0 N–H and O–H groups in total. The fourth-order valence-electron chi connectivity index (χ4n) is 10.2. The SMILES string of the molecule is CC1(C)c2ccccc2-c2cc(-c3c4ccccc4c(-c4ccc5c(c4)c4ccccc4p5-c4ccccc4)c4ccc(-c5ccc6ccccc6c5)cc34)ccc21. The van der Waals surface area contributed by atoms with E-state index in [1.807, 2.05) is 0 Å². The lowest BCUT2D eigenvalue weighted by molar-refractivity contribution is 0.660. The van der Waals surface area contributed by atoms with Crippen molar-refractivity contribution in [1.82, 2.24) is 0 Å². The first-order valence-electron chi connectivity index (χ1n) is 20.3. The molecule has 10 aromatic carbocycles. The number of benzene rings is 10. The summed E-state index contributed by atoms with van der Waals surface area (Å²) >= 11 is 0. The third-order valence-electron chi connectivity index (χ3n) is 13.0. The third kappa shape index (κ3) is 4.89. The maximum absolute atomic E-state index is 2.49. The zero-order valence-corrected chi connectivity index (χ0v) is 33.4. The van der Waals surface area contributed by atoms with Crippen LogP contribution in [0.15, 0.2) is 200 Å². The van der Waals surface area contributed by atoms with Crippen LogP contribution in [0.1, 0.15) is 25.0 Å². The molecule has 0 spiro atoms. The van der Waals surface area contributed by atoms with E-state index in [1.165, 1.54) is 114 Å². The van der Waals surface area contributed by atoms with Crippen LogP contribution in [0.4, 0.5) is 0 Å². The fraction of sp³-hybridized carbons (Fsp3) is 0.0526. The zero-order valence-electron chi connectivity index (χ0n) is 32.5. The Hall–Kier alpha value is -6.72.